The Morgan fingerprint density at radius 1 is 0.979 bits per heavy atom. The maximum absolute atomic E-state index is 12.6. The molecule has 2 rings (SSSR count). The van der Waals surface area contributed by atoms with Gasteiger partial charge in [-0.05, 0) is 26.3 Å². The Hall–Kier alpha value is -2.19. The molecule has 1 aliphatic carbocycles. The van der Waals surface area contributed by atoms with E-state index in [9.17, 15) is 55.2 Å². The predicted molar refractivity (Wildman–Crippen MR) is 159 cm³/mol. The van der Waals surface area contributed by atoms with Gasteiger partial charge in [0.2, 0.25) is 11.8 Å². The zero-order chi connectivity index (χ0) is 36.3. The van der Waals surface area contributed by atoms with Crippen LogP contribution in [0, 0.1) is 0 Å². The van der Waals surface area contributed by atoms with Gasteiger partial charge in [-0.1, -0.05) is 0 Å². The highest BCUT2D eigenvalue weighted by Crippen LogP contribution is 2.30. The van der Waals surface area contributed by atoms with Gasteiger partial charge in [-0.25, -0.2) is 0 Å². The van der Waals surface area contributed by atoms with Gasteiger partial charge in [-0.3, -0.25) is 14.4 Å². The molecule has 14 unspecified atom stereocenters. The molecule has 15 atom stereocenters. The van der Waals surface area contributed by atoms with Crippen molar-refractivity contribution in [2.24, 2.45) is 17.2 Å². The molecule has 48 heavy (non-hydrogen) atoms. The number of carboxylic acid groups (broad SMARTS) is 1. The fourth-order valence-corrected chi connectivity index (χ4v) is 5.39. The van der Waals surface area contributed by atoms with Gasteiger partial charge in [-0.15, -0.1) is 0 Å². The summed E-state index contributed by atoms with van der Waals surface area (Å²) in [6.45, 7) is -0.691. The van der Waals surface area contributed by atoms with Gasteiger partial charge in [0, 0.05) is 19.0 Å². The number of hydrogen-bond acceptors (Lipinski definition) is 18. The summed E-state index contributed by atoms with van der Waals surface area (Å²) in [5.41, 5.74) is 17.3. The first kappa shape index (κ1) is 42.0. The molecule has 280 valence electrons. The minimum Gasteiger partial charge on any atom is -0.481 e. The van der Waals surface area contributed by atoms with Crippen LogP contribution in [0.5, 0.6) is 0 Å². The molecule has 2 aliphatic rings. The molecule has 2 amide bonds. The van der Waals surface area contributed by atoms with Crippen LogP contribution in [0.4, 0.5) is 0 Å². The average molecular weight is 702 g/mol. The Morgan fingerprint density at radius 2 is 1.65 bits per heavy atom. The molecule has 0 spiro atoms. The van der Waals surface area contributed by atoms with E-state index in [-0.39, 0.29) is 25.9 Å². The Morgan fingerprint density at radius 3 is 2.21 bits per heavy atom. The fourth-order valence-electron chi connectivity index (χ4n) is 5.39. The van der Waals surface area contributed by atoms with Gasteiger partial charge in [0.25, 0.3) is 0 Å². The van der Waals surface area contributed by atoms with Crippen LogP contribution in [0.15, 0.2) is 0 Å². The van der Waals surface area contributed by atoms with E-state index < -0.39 is 136 Å². The van der Waals surface area contributed by atoms with Gasteiger partial charge >= 0.3 is 5.97 Å². The molecule has 0 radical (unpaired) electrons. The first-order chi connectivity index (χ1) is 22.6. The Kier molecular flexibility index (Phi) is 17.4. The number of aliphatic hydroxyl groups excluding tert-OH is 8. The Balaban J connectivity index is 2.21. The number of nitrogens with two attached hydrogens (primary N) is 3. The molecule has 1 saturated heterocycles. The van der Waals surface area contributed by atoms with Crippen LogP contribution in [-0.4, -0.2) is 182 Å². The van der Waals surface area contributed by atoms with Crippen molar-refractivity contribution in [2.75, 3.05) is 26.5 Å². The lowest BCUT2D eigenvalue weighted by Gasteiger charge is -2.47. The fraction of sp³-hybridized carbons (Fsp3) is 0.889. The molecule has 0 aromatic rings. The highest BCUT2D eigenvalue weighted by Gasteiger charge is 2.50. The predicted octanol–water partition coefficient (Wildman–Crippen LogP) is -7.76. The first-order valence-corrected chi connectivity index (χ1v) is 15.5. The normalized spacial score (nSPS) is 34.0. The summed E-state index contributed by atoms with van der Waals surface area (Å²) >= 11 is 0. The van der Waals surface area contributed by atoms with E-state index in [1.165, 1.54) is 6.92 Å². The van der Waals surface area contributed by atoms with Crippen molar-refractivity contribution in [1.29, 1.82) is 0 Å². The molecule has 17 N–H and O–H groups in total. The maximum Gasteiger partial charge on any atom is 0.303 e. The van der Waals surface area contributed by atoms with E-state index >= 15 is 0 Å². The Labute approximate surface area is 275 Å². The van der Waals surface area contributed by atoms with E-state index in [0.717, 1.165) is 0 Å². The number of rotatable bonds is 19. The number of ether oxygens (including phenoxy) is 4. The quantitative estimate of drug-likeness (QED) is 0.0556. The van der Waals surface area contributed by atoms with Crippen molar-refractivity contribution in [1.82, 2.24) is 10.6 Å². The lowest BCUT2D eigenvalue weighted by Crippen LogP contribution is -2.67. The number of nitrogens with one attached hydrogen (secondary N) is 2. The molecule has 2 fully saturated rings. The van der Waals surface area contributed by atoms with Crippen LogP contribution in [0.3, 0.4) is 0 Å². The van der Waals surface area contributed by atoms with E-state index in [2.05, 4.69) is 10.6 Å². The monoisotopic (exact) mass is 701 g/mol. The summed E-state index contributed by atoms with van der Waals surface area (Å²) in [4.78, 5) is 35.6. The van der Waals surface area contributed by atoms with Crippen LogP contribution in [0.1, 0.15) is 32.6 Å². The largest absolute Gasteiger partial charge is 0.481 e. The lowest BCUT2D eigenvalue weighted by atomic mass is 9.83. The average Bonchev–Trinajstić information content (AvgIpc) is 3.03. The third-order valence-electron chi connectivity index (χ3n) is 8.17. The van der Waals surface area contributed by atoms with Gasteiger partial charge in [0.1, 0.15) is 67.8 Å². The first-order valence-electron chi connectivity index (χ1n) is 15.5. The number of aliphatic carboxylic acids is 1. The van der Waals surface area contributed by atoms with Crippen LogP contribution in [0.25, 0.3) is 0 Å². The molecule has 1 aliphatic heterocycles. The van der Waals surface area contributed by atoms with Crippen LogP contribution in [0.2, 0.25) is 0 Å². The topological polar surface area (TPSA) is 372 Å². The van der Waals surface area contributed by atoms with Crippen LogP contribution >= 0.6 is 0 Å². The number of carboxylic acids is 1. The van der Waals surface area contributed by atoms with Crippen molar-refractivity contribution in [3.05, 3.63) is 0 Å². The zero-order valence-electron chi connectivity index (χ0n) is 26.4. The summed E-state index contributed by atoms with van der Waals surface area (Å²) in [6.07, 6.45) is -19.7. The Bertz CT molecular complexity index is 1010. The summed E-state index contributed by atoms with van der Waals surface area (Å²) < 4.78 is 22.4. The SMILES string of the molecule is CC(O)C(NC(=O)CCC(=O)O)C(O)C(CO)OCOC1C(NC(=O)[C@@H](O)CCN)CC(N)C(OC2OC(CN)C(O)C(O)C2O)C1O. The van der Waals surface area contributed by atoms with Crippen molar-refractivity contribution in [3.63, 3.8) is 0 Å². The molecule has 0 aromatic carbocycles. The van der Waals surface area contributed by atoms with Crippen molar-refractivity contribution in [2.45, 2.75) is 124 Å². The standard InChI is InChI=1S/C27H51N5O16/c1-10(34)18(32-16(36)2-3-17(37)38)19(39)15(8-33)45-9-46-25-12(31-26(44)13(35)4-5-28)6-11(30)24(23(25)43)48-27-22(42)21(41)20(40)14(7-29)47-27/h10-15,18-25,27,33-35,39-43H,2-9,28-30H2,1H3,(H,31,44)(H,32,36)(H,37,38)/t10?,11?,12?,13-,14?,15?,18?,19?,20?,21?,22?,23?,24?,25?,27?/m0/s1. The highest BCUT2D eigenvalue weighted by atomic mass is 16.7. The molecule has 0 bridgehead atoms. The van der Waals surface area contributed by atoms with Gasteiger partial charge in [-0.2, -0.15) is 0 Å². The second kappa shape index (κ2) is 19.9. The third-order valence-corrected chi connectivity index (χ3v) is 8.17. The second-order valence-corrected chi connectivity index (χ2v) is 11.8. The number of hydrogen-bond donors (Lipinski definition) is 14. The van der Waals surface area contributed by atoms with Gasteiger partial charge in [0.05, 0.1) is 31.2 Å². The van der Waals surface area contributed by atoms with Crippen LogP contribution in [-0.2, 0) is 33.3 Å². The lowest BCUT2D eigenvalue weighted by molar-refractivity contribution is -0.321. The summed E-state index contributed by atoms with van der Waals surface area (Å²) in [5, 5.41) is 96.7. The van der Waals surface area contributed by atoms with Crippen molar-refractivity contribution >= 4 is 17.8 Å². The highest BCUT2D eigenvalue weighted by molar-refractivity contribution is 5.81. The van der Waals surface area contributed by atoms with Crippen molar-refractivity contribution in [3.8, 4) is 0 Å². The molecule has 0 aromatic heterocycles. The van der Waals surface area contributed by atoms with E-state index in [4.69, 9.17) is 41.3 Å². The smallest absolute Gasteiger partial charge is 0.303 e. The van der Waals surface area contributed by atoms with Gasteiger partial charge < -0.3 is 92.7 Å². The number of carbonyl (C=O) groups excluding carboxylic acids is 2. The minimum atomic E-state index is -1.79. The third kappa shape index (κ3) is 11.4. The van der Waals surface area contributed by atoms with Crippen LogP contribution < -0.4 is 27.8 Å². The molecular formula is C27H51N5O16. The molecule has 1 heterocycles. The van der Waals surface area contributed by atoms with E-state index in [1.807, 2.05) is 0 Å². The number of aliphatic hydroxyl groups is 8. The van der Waals surface area contributed by atoms with Crippen molar-refractivity contribution < 1.29 is 79.3 Å². The van der Waals surface area contributed by atoms with E-state index in [0.29, 0.717) is 0 Å². The summed E-state index contributed by atoms with van der Waals surface area (Å²) in [7, 11) is 0. The molecule has 21 heteroatoms. The number of amides is 2. The zero-order valence-corrected chi connectivity index (χ0v) is 26.4. The molecular weight excluding hydrogens is 650 g/mol. The number of carbonyl (C=O) groups is 3. The second-order valence-electron chi connectivity index (χ2n) is 11.8. The van der Waals surface area contributed by atoms with Gasteiger partial charge in [0.15, 0.2) is 6.29 Å². The molecule has 1 saturated carbocycles. The maximum atomic E-state index is 12.6. The minimum absolute atomic E-state index is 0.0164. The summed E-state index contributed by atoms with van der Waals surface area (Å²) in [5.74, 6) is -2.91. The summed E-state index contributed by atoms with van der Waals surface area (Å²) in [6, 6.07) is -3.59. The van der Waals surface area contributed by atoms with E-state index in [1.54, 1.807) is 0 Å². The molecule has 21 nitrogen and oxygen atoms in total.